The number of ketones is 1. The molecule has 0 N–H and O–H groups in total. The van der Waals surface area contributed by atoms with Gasteiger partial charge >= 0.3 is 11.9 Å². The van der Waals surface area contributed by atoms with Crippen molar-refractivity contribution in [2.24, 2.45) is 0 Å². The zero-order valence-electron chi connectivity index (χ0n) is 15.0. The normalized spacial score (nSPS) is 10.2. The summed E-state index contributed by atoms with van der Waals surface area (Å²) >= 11 is 0. The number of unbranched alkanes of at least 4 members (excludes halogenated alkanes) is 1. The standard InChI is InChI=1S/C21H22O5/c1-3-5-14-26-21(24)18-12-8-16(9-13-18)19(22)15-6-10-17(11-7-15)20(23)25-4-2/h6-13H,3-5,14H2,1-2H3. The smallest absolute Gasteiger partial charge is 0.338 e. The van der Waals surface area contributed by atoms with Crippen molar-refractivity contribution in [3.63, 3.8) is 0 Å². The van der Waals surface area contributed by atoms with Gasteiger partial charge in [-0.25, -0.2) is 9.59 Å². The summed E-state index contributed by atoms with van der Waals surface area (Å²) in [5, 5.41) is 0. The summed E-state index contributed by atoms with van der Waals surface area (Å²) in [6.07, 6.45) is 1.78. The summed E-state index contributed by atoms with van der Waals surface area (Å²) in [6.45, 7) is 4.45. The fourth-order valence-corrected chi connectivity index (χ4v) is 2.29. The number of ether oxygens (including phenoxy) is 2. The molecule has 2 aromatic rings. The first-order chi connectivity index (χ1) is 12.6. The predicted octanol–water partition coefficient (Wildman–Crippen LogP) is 4.05. The topological polar surface area (TPSA) is 69.7 Å². The molecule has 0 amide bonds. The van der Waals surface area contributed by atoms with Crippen molar-refractivity contribution in [1.82, 2.24) is 0 Å². The highest BCUT2D eigenvalue weighted by Gasteiger charge is 2.13. The van der Waals surface area contributed by atoms with Crippen molar-refractivity contribution < 1.29 is 23.9 Å². The predicted molar refractivity (Wildman–Crippen MR) is 97.5 cm³/mol. The molecule has 26 heavy (non-hydrogen) atoms. The first kappa shape index (κ1) is 19.4. The Morgan fingerprint density at radius 1 is 0.692 bits per heavy atom. The molecule has 0 saturated carbocycles. The summed E-state index contributed by atoms with van der Waals surface area (Å²) in [7, 11) is 0. The Morgan fingerprint density at radius 3 is 1.54 bits per heavy atom. The molecule has 0 heterocycles. The van der Waals surface area contributed by atoms with E-state index in [0.717, 1.165) is 12.8 Å². The minimum atomic E-state index is -0.419. The Hall–Kier alpha value is -2.95. The van der Waals surface area contributed by atoms with Gasteiger partial charge in [0.25, 0.3) is 0 Å². The average molecular weight is 354 g/mol. The second kappa shape index (κ2) is 9.51. The molecule has 0 spiro atoms. The minimum absolute atomic E-state index is 0.189. The molecule has 0 fully saturated rings. The number of carbonyl (C=O) groups excluding carboxylic acids is 3. The Labute approximate surface area is 152 Å². The quantitative estimate of drug-likeness (QED) is 0.406. The van der Waals surface area contributed by atoms with Gasteiger partial charge in [-0.05, 0) is 37.6 Å². The summed E-state index contributed by atoms with van der Waals surface area (Å²) in [4.78, 5) is 36.0. The van der Waals surface area contributed by atoms with Crippen molar-refractivity contribution >= 4 is 17.7 Å². The van der Waals surface area contributed by atoms with Crippen LogP contribution in [0.2, 0.25) is 0 Å². The van der Waals surface area contributed by atoms with E-state index >= 15 is 0 Å². The maximum atomic E-state index is 12.5. The summed E-state index contributed by atoms with van der Waals surface area (Å²) in [5.74, 6) is -1.00. The van der Waals surface area contributed by atoms with Crippen molar-refractivity contribution in [3.05, 3.63) is 70.8 Å². The van der Waals surface area contributed by atoms with Crippen LogP contribution in [0.3, 0.4) is 0 Å². The molecule has 0 aliphatic heterocycles. The lowest BCUT2D eigenvalue weighted by Crippen LogP contribution is -2.08. The molecule has 0 unspecified atom stereocenters. The van der Waals surface area contributed by atoms with Crippen LogP contribution in [0.1, 0.15) is 63.3 Å². The highest BCUT2D eigenvalue weighted by molar-refractivity contribution is 6.09. The third-order valence-electron chi connectivity index (χ3n) is 3.77. The Balaban J connectivity index is 2.05. The lowest BCUT2D eigenvalue weighted by Gasteiger charge is -2.06. The molecule has 0 aliphatic rings. The van der Waals surface area contributed by atoms with Crippen LogP contribution in [0.5, 0.6) is 0 Å². The van der Waals surface area contributed by atoms with Gasteiger partial charge in [-0.2, -0.15) is 0 Å². The molecule has 0 bridgehead atoms. The molecular weight excluding hydrogens is 332 g/mol. The van der Waals surface area contributed by atoms with Crippen LogP contribution < -0.4 is 0 Å². The van der Waals surface area contributed by atoms with Gasteiger partial charge in [0.05, 0.1) is 24.3 Å². The van der Waals surface area contributed by atoms with Crippen molar-refractivity contribution in [2.45, 2.75) is 26.7 Å². The van der Waals surface area contributed by atoms with Gasteiger partial charge in [0, 0.05) is 11.1 Å². The van der Waals surface area contributed by atoms with Gasteiger partial charge in [-0.3, -0.25) is 4.79 Å². The van der Waals surface area contributed by atoms with Gasteiger partial charge in [0.1, 0.15) is 0 Å². The van der Waals surface area contributed by atoms with Gasteiger partial charge < -0.3 is 9.47 Å². The van der Waals surface area contributed by atoms with E-state index in [9.17, 15) is 14.4 Å². The van der Waals surface area contributed by atoms with Gasteiger partial charge in [0.15, 0.2) is 5.78 Å². The highest BCUT2D eigenvalue weighted by Crippen LogP contribution is 2.14. The van der Waals surface area contributed by atoms with E-state index in [1.807, 2.05) is 6.92 Å². The van der Waals surface area contributed by atoms with Gasteiger partial charge in [-0.1, -0.05) is 37.6 Å². The fourth-order valence-electron chi connectivity index (χ4n) is 2.29. The van der Waals surface area contributed by atoms with Crippen molar-refractivity contribution in [3.8, 4) is 0 Å². The molecular formula is C21H22O5. The number of carbonyl (C=O) groups is 3. The lowest BCUT2D eigenvalue weighted by atomic mass is 10.0. The zero-order chi connectivity index (χ0) is 18.9. The number of benzene rings is 2. The molecule has 2 rings (SSSR count). The van der Waals surface area contributed by atoms with E-state index in [2.05, 4.69) is 0 Å². The van der Waals surface area contributed by atoms with Gasteiger partial charge in [0.2, 0.25) is 0 Å². The maximum absolute atomic E-state index is 12.5. The van der Waals surface area contributed by atoms with Crippen LogP contribution in [-0.2, 0) is 9.47 Å². The van der Waals surface area contributed by atoms with E-state index in [1.165, 1.54) is 0 Å². The van der Waals surface area contributed by atoms with Crippen molar-refractivity contribution in [2.75, 3.05) is 13.2 Å². The summed E-state index contributed by atoms with van der Waals surface area (Å²) in [5.41, 5.74) is 1.72. The van der Waals surface area contributed by atoms with E-state index in [0.29, 0.717) is 35.5 Å². The maximum Gasteiger partial charge on any atom is 0.338 e. The summed E-state index contributed by atoms with van der Waals surface area (Å²) < 4.78 is 10.1. The van der Waals surface area contributed by atoms with Crippen LogP contribution in [0.25, 0.3) is 0 Å². The molecule has 5 heteroatoms. The molecule has 0 saturated heterocycles. The minimum Gasteiger partial charge on any atom is -0.462 e. The fraction of sp³-hybridized carbons (Fsp3) is 0.286. The van der Waals surface area contributed by atoms with Gasteiger partial charge in [-0.15, -0.1) is 0 Å². The monoisotopic (exact) mass is 354 g/mol. The number of hydrogen-bond acceptors (Lipinski definition) is 5. The third kappa shape index (κ3) is 5.02. The Kier molecular flexibility index (Phi) is 7.09. The second-order valence-corrected chi connectivity index (χ2v) is 5.69. The number of rotatable bonds is 8. The molecule has 136 valence electrons. The van der Waals surface area contributed by atoms with E-state index in [-0.39, 0.29) is 5.78 Å². The number of esters is 2. The van der Waals surface area contributed by atoms with E-state index in [1.54, 1.807) is 55.5 Å². The second-order valence-electron chi connectivity index (χ2n) is 5.69. The largest absolute Gasteiger partial charge is 0.462 e. The Morgan fingerprint density at radius 2 is 1.12 bits per heavy atom. The Bertz CT molecular complexity index is 760. The van der Waals surface area contributed by atoms with Crippen LogP contribution >= 0.6 is 0 Å². The van der Waals surface area contributed by atoms with E-state index in [4.69, 9.17) is 9.47 Å². The first-order valence-corrected chi connectivity index (χ1v) is 8.65. The SMILES string of the molecule is CCCCOC(=O)c1ccc(C(=O)c2ccc(C(=O)OCC)cc2)cc1. The molecule has 0 aromatic heterocycles. The van der Waals surface area contributed by atoms with Crippen LogP contribution in [0, 0.1) is 0 Å². The zero-order valence-corrected chi connectivity index (χ0v) is 15.0. The molecule has 0 radical (unpaired) electrons. The number of hydrogen-bond donors (Lipinski definition) is 0. The third-order valence-corrected chi connectivity index (χ3v) is 3.77. The van der Waals surface area contributed by atoms with Crippen LogP contribution in [0.15, 0.2) is 48.5 Å². The molecule has 0 aliphatic carbocycles. The lowest BCUT2D eigenvalue weighted by molar-refractivity contribution is 0.0496. The average Bonchev–Trinajstić information content (AvgIpc) is 2.68. The molecule has 0 atom stereocenters. The summed E-state index contributed by atoms with van der Waals surface area (Å²) in [6, 6.07) is 12.6. The molecule has 5 nitrogen and oxygen atoms in total. The van der Waals surface area contributed by atoms with E-state index < -0.39 is 11.9 Å². The first-order valence-electron chi connectivity index (χ1n) is 8.65. The van der Waals surface area contributed by atoms with Crippen LogP contribution in [-0.4, -0.2) is 30.9 Å². The van der Waals surface area contributed by atoms with Crippen LogP contribution in [0.4, 0.5) is 0 Å². The molecule has 2 aromatic carbocycles. The van der Waals surface area contributed by atoms with Crippen molar-refractivity contribution in [1.29, 1.82) is 0 Å². The highest BCUT2D eigenvalue weighted by atomic mass is 16.5.